The fourth-order valence-corrected chi connectivity index (χ4v) is 2.87. The molecule has 26 heavy (non-hydrogen) atoms. The number of carbonyl (C=O) groups excluding carboxylic acids is 1. The van der Waals surface area contributed by atoms with Crippen molar-refractivity contribution in [2.24, 2.45) is 0 Å². The third kappa shape index (κ3) is 3.37. The summed E-state index contributed by atoms with van der Waals surface area (Å²) in [5.41, 5.74) is 4.65. The number of anilines is 2. The van der Waals surface area contributed by atoms with Gasteiger partial charge in [0.2, 0.25) is 5.91 Å². The Balaban J connectivity index is 2.11. The van der Waals surface area contributed by atoms with E-state index in [4.69, 9.17) is 4.74 Å². The summed E-state index contributed by atoms with van der Waals surface area (Å²) in [7, 11) is 5.60. The van der Waals surface area contributed by atoms with Crippen molar-refractivity contribution in [2.45, 2.75) is 0 Å². The van der Waals surface area contributed by atoms with Gasteiger partial charge in [-0.2, -0.15) is 0 Å². The van der Waals surface area contributed by atoms with Gasteiger partial charge in [-0.3, -0.25) is 9.78 Å². The summed E-state index contributed by atoms with van der Waals surface area (Å²) < 4.78 is 5.34. The highest BCUT2D eigenvalue weighted by Gasteiger charge is 2.10. The molecule has 0 aliphatic rings. The summed E-state index contributed by atoms with van der Waals surface area (Å²) in [4.78, 5) is 18.2. The number of carbonyl (C=O) groups is 1. The van der Waals surface area contributed by atoms with Crippen LogP contribution >= 0.6 is 0 Å². The third-order valence-electron chi connectivity index (χ3n) is 4.18. The summed E-state index contributed by atoms with van der Waals surface area (Å²) in [6.07, 6.45) is 3.05. The largest absolute Gasteiger partial charge is 0.495 e. The van der Waals surface area contributed by atoms with E-state index >= 15 is 0 Å². The van der Waals surface area contributed by atoms with Gasteiger partial charge in [0.1, 0.15) is 5.75 Å². The van der Waals surface area contributed by atoms with Crippen LogP contribution in [0.25, 0.3) is 22.0 Å². The number of fused-ring (bicyclic) bond motifs is 1. The van der Waals surface area contributed by atoms with Gasteiger partial charge in [0.15, 0.2) is 0 Å². The molecule has 5 heteroatoms. The normalized spacial score (nSPS) is 10.4. The topological polar surface area (TPSA) is 54.5 Å². The molecule has 0 saturated carbocycles. The predicted molar refractivity (Wildman–Crippen MR) is 107 cm³/mol. The van der Waals surface area contributed by atoms with E-state index in [1.165, 1.54) is 6.08 Å². The fraction of sp³-hybridized carbons (Fsp3) is 0.143. The zero-order valence-corrected chi connectivity index (χ0v) is 15.1. The van der Waals surface area contributed by atoms with Gasteiger partial charge in [0.25, 0.3) is 0 Å². The molecule has 0 spiro atoms. The van der Waals surface area contributed by atoms with Gasteiger partial charge >= 0.3 is 0 Å². The molecule has 0 aliphatic carbocycles. The van der Waals surface area contributed by atoms with Crippen molar-refractivity contribution in [1.29, 1.82) is 0 Å². The quantitative estimate of drug-likeness (QED) is 0.706. The number of benzene rings is 2. The minimum atomic E-state index is -0.280. The van der Waals surface area contributed by atoms with Gasteiger partial charge in [-0.15, -0.1) is 0 Å². The lowest BCUT2D eigenvalue weighted by molar-refractivity contribution is -0.111. The van der Waals surface area contributed by atoms with Gasteiger partial charge in [-0.1, -0.05) is 18.7 Å². The summed E-state index contributed by atoms with van der Waals surface area (Å²) in [6, 6.07) is 13.8. The molecule has 1 amide bonds. The highest BCUT2D eigenvalue weighted by Crippen LogP contribution is 2.33. The molecule has 0 saturated heterocycles. The lowest BCUT2D eigenvalue weighted by atomic mass is 10.0. The molecule has 0 aliphatic heterocycles. The maximum Gasteiger partial charge on any atom is 0.247 e. The van der Waals surface area contributed by atoms with Crippen LogP contribution < -0.4 is 15.0 Å². The maximum absolute atomic E-state index is 11.7. The van der Waals surface area contributed by atoms with Gasteiger partial charge in [0.05, 0.1) is 18.3 Å². The van der Waals surface area contributed by atoms with Crippen molar-refractivity contribution in [1.82, 2.24) is 4.98 Å². The van der Waals surface area contributed by atoms with E-state index < -0.39 is 0 Å². The Kier molecular flexibility index (Phi) is 4.89. The molecule has 0 bridgehead atoms. The van der Waals surface area contributed by atoms with E-state index in [9.17, 15) is 4.79 Å². The number of hydrogen-bond acceptors (Lipinski definition) is 4. The van der Waals surface area contributed by atoms with Crippen LogP contribution in [0.5, 0.6) is 5.75 Å². The number of ether oxygens (including phenoxy) is 1. The van der Waals surface area contributed by atoms with Crippen molar-refractivity contribution in [3.8, 4) is 16.9 Å². The van der Waals surface area contributed by atoms with Crippen molar-refractivity contribution in [3.05, 3.63) is 61.3 Å². The Morgan fingerprint density at radius 3 is 2.58 bits per heavy atom. The molecule has 0 unspecified atom stereocenters. The highest BCUT2D eigenvalue weighted by atomic mass is 16.5. The minimum absolute atomic E-state index is 0.280. The van der Waals surface area contributed by atoms with Crippen LogP contribution in [-0.4, -0.2) is 32.1 Å². The molecule has 1 aromatic heterocycles. The van der Waals surface area contributed by atoms with Crippen molar-refractivity contribution in [2.75, 3.05) is 31.4 Å². The molecule has 132 valence electrons. The van der Waals surface area contributed by atoms with E-state index in [2.05, 4.69) is 27.8 Å². The van der Waals surface area contributed by atoms with Gasteiger partial charge in [0, 0.05) is 31.4 Å². The van der Waals surface area contributed by atoms with E-state index in [-0.39, 0.29) is 5.91 Å². The number of nitrogens with zero attached hydrogens (tertiary/aromatic N) is 2. The number of pyridine rings is 1. The molecule has 1 N–H and O–H groups in total. The standard InChI is InChI=1S/C21H21N3O2/c1-5-21(25)23-18-13-15(7-9-20(18)26-4)14-6-8-17-16(12-14)19(24(2)3)10-11-22-17/h5-13H,1H2,2-4H3,(H,23,25). The number of aromatic nitrogens is 1. The van der Waals surface area contributed by atoms with Gasteiger partial charge in [-0.05, 0) is 47.5 Å². The van der Waals surface area contributed by atoms with E-state index in [0.29, 0.717) is 11.4 Å². The second-order valence-corrected chi connectivity index (χ2v) is 6.06. The molecule has 3 aromatic rings. The average Bonchev–Trinajstić information content (AvgIpc) is 2.66. The number of amides is 1. The first-order valence-corrected chi connectivity index (χ1v) is 8.21. The monoisotopic (exact) mass is 347 g/mol. The first-order chi connectivity index (χ1) is 12.5. The zero-order valence-electron chi connectivity index (χ0n) is 15.1. The summed E-state index contributed by atoms with van der Waals surface area (Å²) in [5, 5.41) is 3.86. The highest BCUT2D eigenvalue weighted by molar-refractivity contribution is 6.01. The lowest BCUT2D eigenvalue weighted by Crippen LogP contribution is -2.09. The van der Waals surface area contributed by atoms with Gasteiger partial charge < -0.3 is 15.0 Å². The van der Waals surface area contributed by atoms with E-state index in [0.717, 1.165) is 27.7 Å². The molecule has 2 aromatic carbocycles. The SMILES string of the molecule is C=CC(=O)Nc1cc(-c2ccc3nccc(N(C)C)c3c2)ccc1OC. The van der Waals surface area contributed by atoms with Crippen LogP contribution in [0.3, 0.4) is 0 Å². The summed E-state index contributed by atoms with van der Waals surface area (Å²) in [5.74, 6) is 0.318. The molecule has 5 nitrogen and oxygen atoms in total. The van der Waals surface area contributed by atoms with Crippen molar-refractivity contribution in [3.63, 3.8) is 0 Å². The minimum Gasteiger partial charge on any atom is -0.495 e. The lowest BCUT2D eigenvalue weighted by Gasteiger charge is -2.16. The summed E-state index contributed by atoms with van der Waals surface area (Å²) in [6.45, 7) is 3.49. The number of nitrogens with one attached hydrogen (secondary N) is 1. The third-order valence-corrected chi connectivity index (χ3v) is 4.18. The fourth-order valence-electron chi connectivity index (χ4n) is 2.87. The Morgan fingerprint density at radius 1 is 1.15 bits per heavy atom. The predicted octanol–water partition coefficient (Wildman–Crippen LogP) is 4.10. The molecular weight excluding hydrogens is 326 g/mol. The number of methoxy groups -OCH3 is 1. The van der Waals surface area contributed by atoms with Crippen LogP contribution in [0.4, 0.5) is 11.4 Å². The van der Waals surface area contributed by atoms with Crippen molar-refractivity contribution < 1.29 is 9.53 Å². The Labute approximate surface area is 152 Å². The second kappa shape index (κ2) is 7.27. The maximum atomic E-state index is 11.7. The first-order valence-electron chi connectivity index (χ1n) is 8.21. The summed E-state index contributed by atoms with van der Waals surface area (Å²) >= 11 is 0. The Morgan fingerprint density at radius 2 is 1.88 bits per heavy atom. The van der Waals surface area contributed by atoms with Crippen LogP contribution in [0, 0.1) is 0 Å². The zero-order chi connectivity index (χ0) is 18.7. The molecule has 0 atom stereocenters. The first kappa shape index (κ1) is 17.5. The Bertz CT molecular complexity index is 980. The van der Waals surface area contributed by atoms with E-state index in [1.807, 2.05) is 56.7 Å². The molecular formula is C21H21N3O2. The van der Waals surface area contributed by atoms with Crippen LogP contribution in [0.1, 0.15) is 0 Å². The number of hydrogen-bond donors (Lipinski definition) is 1. The molecule has 1 heterocycles. The van der Waals surface area contributed by atoms with Crippen molar-refractivity contribution >= 4 is 28.2 Å². The smallest absolute Gasteiger partial charge is 0.247 e. The van der Waals surface area contributed by atoms with Gasteiger partial charge in [-0.25, -0.2) is 0 Å². The van der Waals surface area contributed by atoms with E-state index in [1.54, 1.807) is 7.11 Å². The molecule has 3 rings (SSSR count). The van der Waals surface area contributed by atoms with Crippen LogP contribution in [0.15, 0.2) is 61.3 Å². The molecule has 0 radical (unpaired) electrons. The molecule has 0 fully saturated rings. The van der Waals surface area contributed by atoms with Crippen LogP contribution in [0.2, 0.25) is 0 Å². The second-order valence-electron chi connectivity index (χ2n) is 6.06. The Hall–Kier alpha value is -3.34. The van der Waals surface area contributed by atoms with Crippen LogP contribution in [-0.2, 0) is 4.79 Å². The average molecular weight is 347 g/mol. The number of rotatable bonds is 5.